The van der Waals surface area contributed by atoms with E-state index in [0.717, 1.165) is 23.4 Å². The van der Waals surface area contributed by atoms with Gasteiger partial charge in [-0.1, -0.05) is 11.8 Å². The van der Waals surface area contributed by atoms with Gasteiger partial charge in [0, 0.05) is 36.9 Å². The summed E-state index contributed by atoms with van der Waals surface area (Å²) in [6.45, 7) is 2.75. The van der Waals surface area contributed by atoms with Gasteiger partial charge in [-0.15, -0.1) is 0 Å². The zero-order valence-corrected chi connectivity index (χ0v) is 13.1. The molecule has 0 radical (unpaired) electrons. The van der Waals surface area contributed by atoms with E-state index in [2.05, 4.69) is 11.8 Å². The van der Waals surface area contributed by atoms with Crippen molar-refractivity contribution in [3.63, 3.8) is 0 Å². The predicted octanol–water partition coefficient (Wildman–Crippen LogP) is 2.16. The van der Waals surface area contributed by atoms with Crippen molar-refractivity contribution in [3.8, 4) is 11.8 Å². The van der Waals surface area contributed by atoms with Gasteiger partial charge < -0.3 is 10.0 Å². The molecule has 4 heteroatoms. The highest BCUT2D eigenvalue weighted by molar-refractivity contribution is 7.98. The number of aliphatic hydroxyl groups is 1. The van der Waals surface area contributed by atoms with Gasteiger partial charge in [-0.2, -0.15) is 11.8 Å². The van der Waals surface area contributed by atoms with Gasteiger partial charge in [-0.05, 0) is 36.9 Å². The Kier molecular flexibility index (Phi) is 7.21. The van der Waals surface area contributed by atoms with Crippen LogP contribution in [0.3, 0.4) is 0 Å². The SMILES string of the molecule is CSCCN(C)C(=O)c1cc(C)cc(C#CCCO)c1. The van der Waals surface area contributed by atoms with E-state index >= 15 is 0 Å². The average Bonchev–Trinajstić information content (AvgIpc) is 2.43. The summed E-state index contributed by atoms with van der Waals surface area (Å²) in [5.74, 6) is 6.81. The van der Waals surface area contributed by atoms with E-state index in [-0.39, 0.29) is 12.5 Å². The lowest BCUT2D eigenvalue weighted by molar-refractivity contribution is 0.0803. The molecule has 0 aromatic heterocycles. The van der Waals surface area contributed by atoms with Crippen LogP contribution in [0.15, 0.2) is 18.2 Å². The van der Waals surface area contributed by atoms with Gasteiger partial charge in [-0.3, -0.25) is 4.79 Å². The summed E-state index contributed by atoms with van der Waals surface area (Å²) in [5, 5.41) is 8.73. The molecule has 1 N–H and O–H groups in total. The maximum Gasteiger partial charge on any atom is 0.253 e. The third-order valence-electron chi connectivity index (χ3n) is 2.77. The number of carbonyl (C=O) groups excluding carboxylic acids is 1. The standard InChI is InChI=1S/C16H21NO2S/c1-13-10-14(6-4-5-8-18)12-15(11-13)16(19)17(2)7-9-20-3/h10-12,18H,5,7-9H2,1-3H3. The van der Waals surface area contributed by atoms with E-state index < -0.39 is 0 Å². The molecule has 0 spiro atoms. The Morgan fingerprint density at radius 2 is 2.15 bits per heavy atom. The summed E-state index contributed by atoms with van der Waals surface area (Å²) in [7, 11) is 1.82. The molecule has 0 saturated carbocycles. The van der Waals surface area contributed by atoms with Crippen molar-refractivity contribution in [2.45, 2.75) is 13.3 Å². The maximum absolute atomic E-state index is 12.3. The summed E-state index contributed by atoms with van der Waals surface area (Å²) in [5.41, 5.74) is 2.50. The minimum Gasteiger partial charge on any atom is -0.395 e. The van der Waals surface area contributed by atoms with Crippen LogP contribution in [0.4, 0.5) is 0 Å². The number of aliphatic hydroxyl groups excluding tert-OH is 1. The Morgan fingerprint density at radius 3 is 2.80 bits per heavy atom. The molecular formula is C16H21NO2S. The lowest BCUT2D eigenvalue weighted by atomic mass is 10.1. The molecule has 0 heterocycles. The van der Waals surface area contributed by atoms with Crippen molar-refractivity contribution in [2.75, 3.05) is 32.2 Å². The lowest BCUT2D eigenvalue weighted by Gasteiger charge is -2.17. The Balaban J connectivity index is 2.90. The van der Waals surface area contributed by atoms with Gasteiger partial charge in [0.1, 0.15) is 0 Å². The molecule has 0 aliphatic heterocycles. The molecule has 1 aromatic rings. The largest absolute Gasteiger partial charge is 0.395 e. The van der Waals surface area contributed by atoms with Gasteiger partial charge in [0.05, 0.1) is 6.61 Å². The van der Waals surface area contributed by atoms with Crippen molar-refractivity contribution in [2.24, 2.45) is 0 Å². The molecule has 0 aliphatic rings. The van der Waals surface area contributed by atoms with Crippen molar-refractivity contribution in [1.82, 2.24) is 4.90 Å². The van der Waals surface area contributed by atoms with E-state index in [0.29, 0.717) is 12.0 Å². The van der Waals surface area contributed by atoms with Crippen LogP contribution in [0.5, 0.6) is 0 Å². The zero-order valence-electron chi connectivity index (χ0n) is 12.3. The second kappa shape index (κ2) is 8.68. The zero-order chi connectivity index (χ0) is 15.0. The van der Waals surface area contributed by atoms with Crippen molar-refractivity contribution >= 4 is 17.7 Å². The second-order valence-corrected chi connectivity index (χ2v) is 5.57. The van der Waals surface area contributed by atoms with Crippen LogP contribution >= 0.6 is 11.8 Å². The Morgan fingerprint density at radius 1 is 1.40 bits per heavy atom. The Hall–Kier alpha value is -1.44. The summed E-state index contributed by atoms with van der Waals surface area (Å²) in [4.78, 5) is 14.0. The number of amides is 1. The number of benzene rings is 1. The van der Waals surface area contributed by atoms with Crippen LogP contribution in [-0.2, 0) is 0 Å². The topological polar surface area (TPSA) is 40.5 Å². The van der Waals surface area contributed by atoms with E-state index in [9.17, 15) is 4.79 Å². The Labute approximate surface area is 125 Å². The monoisotopic (exact) mass is 291 g/mol. The van der Waals surface area contributed by atoms with Gasteiger partial charge in [0.2, 0.25) is 0 Å². The summed E-state index contributed by atoms with van der Waals surface area (Å²) in [6, 6.07) is 5.65. The van der Waals surface area contributed by atoms with Crippen LogP contribution in [0.1, 0.15) is 27.9 Å². The molecule has 1 aromatic carbocycles. The molecule has 0 atom stereocenters. The van der Waals surface area contributed by atoms with Crippen LogP contribution in [0.25, 0.3) is 0 Å². The van der Waals surface area contributed by atoms with Gasteiger partial charge >= 0.3 is 0 Å². The third kappa shape index (κ3) is 5.28. The number of carbonyl (C=O) groups is 1. The maximum atomic E-state index is 12.3. The Bertz CT molecular complexity index is 517. The minimum absolute atomic E-state index is 0.0213. The molecule has 1 amide bonds. The fraction of sp³-hybridized carbons (Fsp3) is 0.438. The molecule has 108 valence electrons. The first-order valence-electron chi connectivity index (χ1n) is 6.54. The van der Waals surface area contributed by atoms with E-state index in [4.69, 9.17) is 5.11 Å². The van der Waals surface area contributed by atoms with Crippen molar-refractivity contribution in [1.29, 1.82) is 0 Å². The number of aryl methyl sites for hydroxylation is 1. The number of thioether (sulfide) groups is 1. The summed E-state index contributed by atoms with van der Waals surface area (Å²) < 4.78 is 0. The molecule has 0 bridgehead atoms. The van der Waals surface area contributed by atoms with Gasteiger partial charge in [0.15, 0.2) is 0 Å². The number of hydrogen-bond acceptors (Lipinski definition) is 3. The lowest BCUT2D eigenvalue weighted by Crippen LogP contribution is -2.29. The fourth-order valence-electron chi connectivity index (χ4n) is 1.75. The highest BCUT2D eigenvalue weighted by atomic mass is 32.2. The van der Waals surface area contributed by atoms with Crippen LogP contribution in [-0.4, -0.2) is 48.1 Å². The van der Waals surface area contributed by atoms with Crippen LogP contribution in [0, 0.1) is 18.8 Å². The second-order valence-electron chi connectivity index (χ2n) is 4.58. The molecule has 3 nitrogen and oxygen atoms in total. The quantitative estimate of drug-likeness (QED) is 0.845. The third-order valence-corrected chi connectivity index (χ3v) is 3.36. The van der Waals surface area contributed by atoms with Crippen molar-refractivity contribution < 1.29 is 9.90 Å². The first-order chi connectivity index (χ1) is 9.58. The molecule has 0 aliphatic carbocycles. The summed E-state index contributed by atoms with van der Waals surface area (Å²) >= 11 is 1.72. The van der Waals surface area contributed by atoms with E-state index in [1.54, 1.807) is 16.7 Å². The number of nitrogens with zero attached hydrogens (tertiary/aromatic N) is 1. The predicted molar refractivity (Wildman–Crippen MR) is 85.1 cm³/mol. The minimum atomic E-state index is 0.0213. The van der Waals surface area contributed by atoms with Gasteiger partial charge in [0.25, 0.3) is 5.91 Å². The fourth-order valence-corrected chi connectivity index (χ4v) is 2.21. The van der Waals surface area contributed by atoms with Crippen molar-refractivity contribution in [3.05, 3.63) is 34.9 Å². The molecule has 0 saturated heterocycles. The highest BCUT2D eigenvalue weighted by Gasteiger charge is 2.12. The first-order valence-corrected chi connectivity index (χ1v) is 7.93. The van der Waals surface area contributed by atoms with Crippen LogP contribution < -0.4 is 0 Å². The molecule has 20 heavy (non-hydrogen) atoms. The normalized spacial score (nSPS) is 9.80. The molecular weight excluding hydrogens is 270 g/mol. The molecule has 0 unspecified atom stereocenters. The summed E-state index contributed by atoms with van der Waals surface area (Å²) in [6.07, 6.45) is 2.48. The van der Waals surface area contributed by atoms with E-state index in [1.807, 2.05) is 38.4 Å². The molecule has 0 fully saturated rings. The van der Waals surface area contributed by atoms with Crippen LogP contribution in [0.2, 0.25) is 0 Å². The van der Waals surface area contributed by atoms with E-state index in [1.165, 1.54) is 0 Å². The highest BCUT2D eigenvalue weighted by Crippen LogP contribution is 2.11. The molecule has 1 rings (SSSR count). The van der Waals surface area contributed by atoms with Gasteiger partial charge in [-0.25, -0.2) is 0 Å². The first kappa shape index (κ1) is 16.6. The smallest absolute Gasteiger partial charge is 0.253 e. The number of rotatable bonds is 5. The average molecular weight is 291 g/mol. The number of hydrogen-bond donors (Lipinski definition) is 1.